The predicted octanol–water partition coefficient (Wildman–Crippen LogP) is 1.38. The van der Waals surface area contributed by atoms with Gasteiger partial charge < -0.3 is 15.7 Å². The fourth-order valence-electron chi connectivity index (χ4n) is 2.07. The van der Waals surface area contributed by atoms with Crippen LogP contribution in [0.2, 0.25) is 0 Å². The van der Waals surface area contributed by atoms with Gasteiger partial charge >= 0.3 is 5.69 Å². The molecule has 3 rings (SSSR count). The lowest BCUT2D eigenvalue weighted by atomic mass is 10.0. The maximum Gasteiger partial charge on any atom is 0.323 e. The van der Waals surface area contributed by atoms with Gasteiger partial charge in [-0.3, -0.25) is 4.98 Å². The number of nitrogens with zero attached hydrogens (tertiary/aromatic N) is 1. The summed E-state index contributed by atoms with van der Waals surface area (Å²) in [5.41, 5.74) is 10.1. The second kappa shape index (κ2) is 4.12. The molecule has 0 saturated heterocycles. The van der Waals surface area contributed by atoms with E-state index in [1.165, 1.54) is 0 Å². The largest absolute Gasteiger partial charge is 0.326 e. The van der Waals surface area contributed by atoms with Gasteiger partial charge in [0.2, 0.25) is 0 Å². The number of aromatic amines is 2. The molecule has 5 heteroatoms. The molecule has 0 aliphatic rings. The third kappa shape index (κ3) is 1.70. The van der Waals surface area contributed by atoms with Crippen LogP contribution in [0.15, 0.2) is 41.5 Å². The van der Waals surface area contributed by atoms with Crippen LogP contribution in [0.5, 0.6) is 0 Å². The highest BCUT2D eigenvalue weighted by molar-refractivity contribution is 5.82. The first-order valence-electron chi connectivity index (χ1n) is 5.63. The van der Waals surface area contributed by atoms with E-state index in [-0.39, 0.29) is 5.69 Å². The standard InChI is InChI=1S/C13H12N4O/c14-6-9-7-15-4-3-10(9)8-1-2-11-12(5-8)17-13(18)16-11/h1-5,7H,6,14H2,(H2,16,17,18). The number of fused-ring (bicyclic) bond motifs is 1. The Labute approximate surface area is 103 Å². The Balaban J connectivity index is 2.21. The van der Waals surface area contributed by atoms with Crippen LogP contribution in [0.4, 0.5) is 0 Å². The molecule has 0 unspecified atom stereocenters. The number of nitrogens with one attached hydrogen (secondary N) is 2. The number of aromatic nitrogens is 3. The molecule has 2 heterocycles. The summed E-state index contributed by atoms with van der Waals surface area (Å²) in [5.74, 6) is 0. The summed E-state index contributed by atoms with van der Waals surface area (Å²) < 4.78 is 0. The van der Waals surface area contributed by atoms with Gasteiger partial charge in [-0.1, -0.05) is 6.07 Å². The van der Waals surface area contributed by atoms with Crippen molar-refractivity contribution < 1.29 is 0 Å². The van der Waals surface area contributed by atoms with Crippen molar-refractivity contribution in [2.75, 3.05) is 0 Å². The lowest BCUT2D eigenvalue weighted by Gasteiger charge is -2.06. The molecule has 0 fully saturated rings. The van der Waals surface area contributed by atoms with Gasteiger partial charge in [0.15, 0.2) is 0 Å². The molecule has 0 aliphatic carbocycles. The van der Waals surface area contributed by atoms with Crippen molar-refractivity contribution in [1.82, 2.24) is 15.0 Å². The Morgan fingerprint density at radius 3 is 2.83 bits per heavy atom. The molecule has 0 bridgehead atoms. The SMILES string of the molecule is NCc1cnccc1-c1ccc2[nH]c(=O)[nH]c2c1. The third-order valence-corrected chi connectivity index (χ3v) is 2.95. The van der Waals surface area contributed by atoms with Crippen LogP contribution < -0.4 is 11.4 Å². The molecular weight excluding hydrogens is 228 g/mol. The Morgan fingerprint density at radius 1 is 1.17 bits per heavy atom. The summed E-state index contributed by atoms with van der Waals surface area (Å²) in [5, 5.41) is 0. The molecule has 3 aromatic rings. The summed E-state index contributed by atoms with van der Waals surface area (Å²) in [6.07, 6.45) is 3.50. The number of hydrogen-bond acceptors (Lipinski definition) is 3. The van der Waals surface area contributed by atoms with E-state index in [1.807, 2.05) is 24.3 Å². The maximum absolute atomic E-state index is 11.2. The summed E-state index contributed by atoms with van der Waals surface area (Å²) in [6.45, 7) is 0.435. The lowest BCUT2D eigenvalue weighted by molar-refractivity contribution is 1.05. The summed E-state index contributed by atoms with van der Waals surface area (Å²) in [7, 11) is 0. The highest BCUT2D eigenvalue weighted by atomic mass is 16.1. The van der Waals surface area contributed by atoms with Gasteiger partial charge in [-0.2, -0.15) is 0 Å². The van der Waals surface area contributed by atoms with E-state index in [4.69, 9.17) is 5.73 Å². The van der Waals surface area contributed by atoms with Crippen molar-refractivity contribution >= 4 is 11.0 Å². The first kappa shape index (κ1) is 10.7. The second-order valence-corrected chi connectivity index (χ2v) is 4.08. The summed E-state index contributed by atoms with van der Waals surface area (Å²) in [4.78, 5) is 20.7. The van der Waals surface area contributed by atoms with Crippen LogP contribution in [0.25, 0.3) is 22.2 Å². The Bertz CT molecular complexity index is 757. The Hall–Kier alpha value is -2.40. The summed E-state index contributed by atoms with van der Waals surface area (Å²) in [6, 6.07) is 7.69. The number of nitrogens with two attached hydrogens (primary N) is 1. The van der Waals surface area contributed by atoms with Crippen molar-refractivity contribution in [3.63, 3.8) is 0 Å². The average Bonchev–Trinajstić information content (AvgIpc) is 2.77. The minimum Gasteiger partial charge on any atom is -0.326 e. The van der Waals surface area contributed by atoms with E-state index < -0.39 is 0 Å². The zero-order valence-electron chi connectivity index (χ0n) is 9.60. The van der Waals surface area contributed by atoms with Gasteiger partial charge in [-0.05, 0) is 34.9 Å². The average molecular weight is 240 g/mol. The number of imidazole rings is 1. The molecule has 5 nitrogen and oxygen atoms in total. The van der Waals surface area contributed by atoms with Gasteiger partial charge in [-0.15, -0.1) is 0 Å². The zero-order chi connectivity index (χ0) is 12.5. The molecule has 0 amide bonds. The van der Waals surface area contributed by atoms with E-state index in [1.54, 1.807) is 12.4 Å². The van der Waals surface area contributed by atoms with Crippen molar-refractivity contribution in [2.45, 2.75) is 6.54 Å². The van der Waals surface area contributed by atoms with Gasteiger partial charge in [0.25, 0.3) is 0 Å². The van der Waals surface area contributed by atoms with Crippen molar-refractivity contribution in [1.29, 1.82) is 0 Å². The molecule has 2 aromatic heterocycles. The fraction of sp³-hybridized carbons (Fsp3) is 0.0769. The van der Waals surface area contributed by atoms with Crippen molar-refractivity contribution in [3.05, 3.63) is 52.7 Å². The lowest BCUT2D eigenvalue weighted by Crippen LogP contribution is -1.99. The maximum atomic E-state index is 11.2. The summed E-state index contributed by atoms with van der Waals surface area (Å²) >= 11 is 0. The van der Waals surface area contributed by atoms with Crippen LogP contribution in [0.3, 0.4) is 0 Å². The Kier molecular flexibility index (Phi) is 2.46. The van der Waals surface area contributed by atoms with Crippen LogP contribution >= 0.6 is 0 Å². The number of pyridine rings is 1. The van der Waals surface area contributed by atoms with Gasteiger partial charge in [0, 0.05) is 18.9 Å². The number of rotatable bonds is 2. The van der Waals surface area contributed by atoms with E-state index in [2.05, 4.69) is 15.0 Å². The van der Waals surface area contributed by atoms with E-state index >= 15 is 0 Å². The van der Waals surface area contributed by atoms with Crippen LogP contribution in [0, 0.1) is 0 Å². The van der Waals surface area contributed by atoms with Crippen LogP contribution in [-0.2, 0) is 6.54 Å². The predicted molar refractivity (Wildman–Crippen MR) is 70.0 cm³/mol. The van der Waals surface area contributed by atoms with Gasteiger partial charge in [0.1, 0.15) is 0 Å². The quantitative estimate of drug-likeness (QED) is 0.632. The number of H-pyrrole nitrogens is 2. The molecule has 0 spiro atoms. The first-order chi connectivity index (χ1) is 8.78. The normalized spacial score (nSPS) is 10.9. The molecule has 1 aromatic carbocycles. The fourth-order valence-corrected chi connectivity index (χ4v) is 2.07. The second-order valence-electron chi connectivity index (χ2n) is 4.08. The van der Waals surface area contributed by atoms with Crippen LogP contribution in [-0.4, -0.2) is 15.0 Å². The van der Waals surface area contributed by atoms with Crippen LogP contribution in [0.1, 0.15) is 5.56 Å². The molecular formula is C13H12N4O. The zero-order valence-corrected chi connectivity index (χ0v) is 9.60. The monoisotopic (exact) mass is 240 g/mol. The van der Waals surface area contributed by atoms with E-state index in [0.29, 0.717) is 6.54 Å². The van der Waals surface area contributed by atoms with E-state index in [0.717, 1.165) is 27.7 Å². The van der Waals surface area contributed by atoms with E-state index in [9.17, 15) is 4.79 Å². The highest BCUT2D eigenvalue weighted by Crippen LogP contribution is 2.24. The molecule has 4 N–H and O–H groups in total. The van der Waals surface area contributed by atoms with Crippen molar-refractivity contribution in [2.24, 2.45) is 5.73 Å². The number of benzene rings is 1. The minimum atomic E-state index is -0.198. The smallest absolute Gasteiger partial charge is 0.323 e. The first-order valence-corrected chi connectivity index (χ1v) is 5.63. The number of hydrogen-bond donors (Lipinski definition) is 3. The molecule has 90 valence electrons. The molecule has 0 aliphatic heterocycles. The Morgan fingerprint density at radius 2 is 2.00 bits per heavy atom. The van der Waals surface area contributed by atoms with Gasteiger partial charge in [-0.25, -0.2) is 4.79 Å². The third-order valence-electron chi connectivity index (χ3n) is 2.95. The van der Waals surface area contributed by atoms with Crippen molar-refractivity contribution in [3.8, 4) is 11.1 Å². The van der Waals surface area contributed by atoms with Gasteiger partial charge in [0.05, 0.1) is 11.0 Å². The minimum absolute atomic E-state index is 0.198. The highest BCUT2D eigenvalue weighted by Gasteiger charge is 2.05. The topological polar surface area (TPSA) is 87.6 Å². The molecule has 18 heavy (non-hydrogen) atoms. The molecule has 0 saturated carbocycles. The molecule has 0 radical (unpaired) electrons. The molecule has 0 atom stereocenters.